The summed E-state index contributed by atoms with van der Waals surface area (Å²) in [4.78, 5) is 12.6. The zero-order valence-corrected chi connectivity index (χ0v) is 14.9. The molecule has 8 heteroatoms. The highest BCUT2D eigenvalue weighted by molar-refractivity contribution is 7.91. The first-order valence-electron chi connectivity index (χ1n) is 6.94. The Hall–Kier alpha value is -1.41. The van der Waals surface area contributed by atoms with Crippen LogP contribution in [0.4, 0.5) is 0 Å². The summed E-state index contributed by atoms with van der Waals surface area (Å²) in [5.41, 5.74) is 1.05. The fraction of sp³-hybridized carbons (Fsp3) is 0.267. The Balaban J connectivity index is 1.75. The number of nitrogens with one attached hydrogen (secondary N) is 2. The SMILES string of the molecule is Cc1ccc(S(=O)(=O)NCC(=O)NCCc2ccc(Cl)cc2)s1. The monoisotopic (exact) mass is 372 g/mol. The third-order valence-electron chi connectivity index (χ3n) is 3.05. The number of benzene rings is 1. The lowest BCUT2D eigenvalue weighted by atomic mass is 10.1. The van der Waals surface area contributed by atoms with Crippen LogP contribution >= 0.6 is 22.9 Å². The first-order chi connectivity index (χ1) is 10.9. The number of aryl methyl sites for hydroxylation is 1. The highest BCUT2D eigenvalue weighted by Gasteiger charge is 2.17. The van der Waals surface area contributed by atoms with E-state index in [9.17, 15) is 13.2 Å². The van der Waals surface area contributed by atoms with E-state index >= 15 is 0 Å². The maximum absolute atomic E-state index is 12.0. The Morgan fingerprint density at radius 3 is 2.48 bits per heavy atom. The van der Waals surface area contributed by atoms with Crippen LogP contribution in [0.1, 0.15) is 10.4 Å². The van der Waals surface area contributed by atoms with Crippen molar-refractivity contribution in [2.24, 2.45) is 0 Å². The van der Waals surface area contributed by atoms with Crippen LogP contribution in [0.15, 0.2) is 40.6 Å². The van der Waals surface area contributed by atoms with Crippen LogP contribution in [0.2, 0.25) is 5.02 Å². The van der Waals surface area contributed by atoms with Crippen molar-refractivity contribution < 1.29 is 13.2 Å². The van der Waals surface area contributed by atoms with E-state index in [1.54, 1.807) is 18.2 Å². The summed E-state index contributed by atoms with van der Waals surface area (Å²) in [6, 6.07) is 10.6. The highest BCUT2D eigenvalue weighted by Crippen LogP contribution is 2.19. The zero-order chi connectivity index (χ0) is 16.9. The van der Waals surface area contributed by atoms with Crippen molar-refractivity contribution in [2.75, 3.05) is 13.1 Å². The summed E-state index contributed by atoms with van der Waals surface area (Å²) in [5, 5.41) is 3.34. The summed E-state index contributed by atoms with van der Waals surface area (Å²) in [5.74, 6) is -0.365. The molecule has 2 rings (SSSR count). The molecule has 23 heavy (non-hydrogen) atoms. The lowest BCUT2D eigenvalue weighted by Crippen LogP contribution is -2.37. The number of carbonyl (C=O) groups excluding carboxylic acids is 1. The summed E-state index contributed by atoms with van der Waals surface area (Å²) in [7, 11) is -3.62. The van der Waals surface area contributed by atoms with Crippen molar-refractivity contribution in [1.29, 1.82) is 0 Å². The second-order valence-corrected chi connectivity index (χ2v) is 8.63. The fourth-order valence-corrected chi connectivity index (χ4v) is 4.28. The predicted octanol–water partition coefficient (Wildman–Crippen LogP) is 2.35. The van der Waals surface area contributed by atoms with Crippen LogP contribution in [0.25, 0.3) is 0 Å². The van der Waals surface area contributed by atoms with Crippen molar-refractivity contribution in [2.45, 2.75) is 17.6 Å². The van der Waals surface area contributed by atoms with Gasteiger partial charge in [0.2, 0.25) is 5.91 Å². The van der Waals surface area contributed by atoms with Crippen molar-refractivity contribution in [3.63, 3.8) is 0 Å². The normalized spacial score (nSPS) is 11.4. The lowest BCUT2D eigenvalue weighted by Gasteiger charge is -2.07. The third-order valence-corrected chi connectivity index (χ3v) is 6.20. The number of thiophene rings is 1. The average molecular weight is 373 g/mol. The minimum Gasteiger partial charge on any atom is -0.355 e. The van der Waals surface area contributed by atoms with Crippen LogP contribution in [-0.2, 0) is 21.2 Å². The Kier molecular flexibility index (Phi) is 6.17. The summed E-state index contributed by atoms with van der Waals surface area (Å²) < 4.78 is 26.5. The molecular weight excluding hydrogens is 356 g/mol. The molecule has 0 aliphatic heterocycles. The van der Waals surface area contributed by atoms with E-state index in [-0.39, 0.29) is 16.7 Å². The minimum atomic E-state index is -3.62. The highest BCUT2D eigenvalue weighted by atomic mass is 35.5. The number of rotatable bonds is 7. The maximum atomic E-state index is 12.0. The molecule has 0 aliphatic rings. The van der Waals surface area contributed by atoms with E-state index in [0.717, 1.165) is 10.4 Å². The molecule has 5 nitrogen and oxygen atoms in total. The van der Waals surface area contributed by atoms with Crippen LogP contribution in [0, 0.1) is 6.92 Å². The quantitative estimate of drug-likeness (QED) is 0.783. The van der Waals surface area contributed by atoms with Gasteiger partial charge >= 0.3 is 0 Å². The molecule has 0 saturated heterocycles. The van der Waals surface area contributed by atoms with Gasteiger partial charge in [0.05, 0.1) is 6.54 Å². The standard InChI is InChI=1S/C15H17ClN2O3S2/c1-11-2-7-15(22-11)23(20,21)18-10-14(19)17-9-8-12-3-5-13(16)6-4-12/h2-7,18H,8-10H2,1H3,(H,17,19). The zero-order valence-electron chi connectivity index (χ0n) is 12.5. The maximum Gasteiger partial charge on any atom is 0.250 e. The Morgan fingerprint density at radius 1 is 1.17 bits per heavy atom. The van der Waals surface area contributed by atoms with Crippen molar-refractivity contribution in [1.82, 2.24) is 10.0 Å². The van der Waals surface area contributed by atoms with Gasteiger partial charge in [-0.2, -0.15) is 0 Å². The van der Waals surface area contributed by atoms with Crippen molar-refractivity contribution in [3.05, 3.63) is 51.9 Å². The number of hydrogen-bond donors (Lipinski definition) is 2. The molecule has 0 unspecified atom stereocenters. The predicted molar refractivity (Wildman–Crippen MR) is 92.4 cm³/mol. The number of carbonyl (C=O) groups is 1. The van der Waals surface area contributed by atoms with Gasteiger partial charge < -0.3 is 5.32 Å². The molecule has 1 heterocycles. The van der Waals surface area contributed by atoms with E-state index < -0.39 is 10.0 Å². The number of hydrogen-bond acceptors (Lipinski definition) is 4. The number of sulfonamides is 1. The molecule has 1 aromatic carbocycles. The topological polar surface area (TPSA) is 75.3 Å². The average Bonchev–Trinajstić information content (AvgIpc) is 2.95. The van der Waals surface area contributed by atoms with E-state index in [4.69, 9.17) is 11.6 Å². The van der Waals surface area contributed by atoms with Gasteiger partial charge in [-0.15, -0.1) is 11.3 Å². The van der Waals surface area contributed by atoms with Gasteiger partial charge in [-0.3, -0.25) is 4.79 Å². The smallest absolute Gasteiger partial charge is 0.250 e. The first kappa shape index (κ1) is 17.9. The number of amides is 1. The molecule has 2 N–H and O–H groups in total. The van der Waals surface area contributed by atoms with Gasteiger partial charge in [0.25, 0.3) is 10.0 Å². The Bertz CT molecular complexity index is 770. The molecule has 0 fully saturated rings. The summed E-state index contributed by atoms with van der Waals surface area (Å²) >= 11 is 6.97. The second-order valence-electron chi connectivity index (χ2n) is 4.92. The Labute approximate surface area is 144 Å². The van der Waals surface area contributed by atoms with Crippen molar-refractivity contribution in [3.8, 4) is 0 Å². The number of halogens is 1. The summed E-state index contributed by atoms with van der Waals surface area (Å²) in [6.07, 6.45) is 0.653. The molecular formula is C15H17ClN2O3S2. The van der Waals surface area contributed by atoms with E-state index in [2.05, 4.69) is 10.0 Å². The molecule has 0 atom stereocenters. The van der Waals surface area contributed by atoms with E-state index in [1.165, 1.54) is 17.4 Å². The molecule has 0 aliphatic carbocycles. The van der Waals surface area contributed by atoms with E-state index in [1.807, 2.05) is 19.1 Å². The fourth-order valence-electron chi connectivity index (χ4n) is 1.85. The van der Waals surface area contributed by atoms with Gasteiger partial charge in [-0.1, -0.05) is 23.7 Å². The first-order valence-corrected chi connectivity index (χ1v) is 9.62. The molecule has 1 amide bonds. The van der Waals surface area contributed by atoms with Gasteiger partial charge in [-0.25, -0.2) is 13.1 Å². The van der Waals surface area contributed by atoms with Gasteiger partial charge in [0.15, 0.2) is 0 Å². The van der Waals surface area contributed by atoms with Crippen LogP contribution in [0.5, 0.6) is 0 Å². The Morgan fingerprint density at radius 2 is 1.87 bits per heavy atom. The molecule has 1 aromatic heterocycles. The van der Waals surface area contributed by atoms with Gasteiger partial charge in [-0.05, 0) is 43.2 Å². The lowest BCUT2D eigenvalue weighted by molar-refractivity contribution is -0.119. The molecule has 0 spiro atoms. The van der Waals surface area contributed by atoms with Gasteiger partial charge in [0, 0.05) is 16.4 Å². The largest absolute Gasteiger partial charge is 0.355 e. The van der Waals surface area contributed by atoms with E-state index in [0.29, 0.717) is 18.0 Å². The minimum absolute atomic E-state index is 0.212. The molecule has 0 saturated carbocycles. The van der Waals surface area contributed by atoms with Crippen molar-refractivity contribution >= 4 is 38.9 Å². The van der Waals surface area contributed by atoms with Crippen LogP contribution < -0.4 is 10.0 Å². The third kappa shape index (κ3) is 5.62. The van der Waals surface area contributed by atoms with Gasteiger partial charge in [0.1, 0.15) is 4.21 Å². The molecule has 0 bridgehead atoms. The molecule has 2 aromatic rings. The van der Waals surface area contributed by atoms with Crippen LogP contribution in [0.3, 0.4) is 0 Å². The summed E-state index contributed by atoms with van der Waals surface area (Å²) in [6.45, 7) is 1.98. The van der Waals surface area contributed by atoms with Crippen LogP contribution in [-0.4, -0.2) is 27.4 Å². The molecule has 0 radical (unpaired) electrons. The second kappa shape index (κ2) is 7.92. The molecule has 124 valence electrons.